The minimum absolute atomic E-state index is 0.0375. The Morgan fingerprint density at radius 3 is 2.42 bits per heavy atom. The minimum Gasteiger partial charge on any atom is -0.490 e. The lowest BCUT2D eigenvalue weighted by atomic mass is 9.87. The lowest BCUT2D eigenvalue weighted by Gasteiger charge is -2.22. The zero-order valence-electron chi connectivity index (χ0n) is 12.1. The molecule has 3 N–H and O–H groups in total. The van der Waals surface area contributed by atoms with Gasteiger partial charge in [-0.2, -0.15) is 0 Å². The molecule has 0 spiro atoms. The number of aliphatic hydroxyl groups is 1. The van der Waals surface area contributed by atoms with E-state index in [9.17, 15) is 5.11 Å². The number of hydrogen-bond donors (Lipinski definition) is 2. The van der Waals surface area contributed by atoms with Crippen molar-refractivity contribution in [1.82, 2.24) is 0 Å². The van der Waals surface area contributed by atoms with Crippen LogP contribution in [0.2, 0.25) is 0 Å². The van der Waals surface area contributed by atoms with E-state index >= 15 is 0 Å². The first-order valence-corrected chi connectivity index (χ1v) is 6.99. The zero-order chi connectivity index (χ0) is 14.1. The Balaban J connectivity index is 1.98. The highest BCUT2D eigenvalue weighted by molar-refractivity contribution is 5.31. The minimum atomic E-state index is -0.448. The fourth-order valence-electron chi connectivity index (χ4n) is 2.58. The molecule has 106 valence electrons. The largest absolute Gasteiger partial charge is 0.490 e. The lowest BCUT2D eigenvalue weighted by molar-refractivity contribution is 0.165. The van der Waals surface area contributed by atoms with Crippen LogP contribution in [0.1, 0.15) is 45.6 Å². The molecule has 0 heterocycles. The monoisotopic (exact) mass is 263 g/mol. The summed E-state index contributed by atoms with van der Waals surface area (Å²) in [6.45, 7) is 6.63. The van der Waals surface area contributed by atoms with Crippen LogP contribution >= 0.6 is 0 Å². The first-order valence-electron chi connectivity index (χ1n) is 6.99. The Hall–Kier alpha value is -1.06. The Kier molecular flexibility index (Phi) is 3.88. The Bertz CT molecular complexity index is 421. The number of rotatable bonds is 3. The van der Waals surface area contributed by atoms with Gasteiger partial charge in [-0.1, -0.05) is 32.9 Å². The van der Waals surface area contributed by atoms with Gasteiger partial charge in [-0.15, -0.1) is 0 Å². The van der Waals surface area contributed by atoms with Crippen LogP contribution in [0.15, 0.2) is 24.3 Å². The molecule has 2 unspecified atom stereocenters. The van der Waals surface area contributed by atoms with Crippen LogP contribution in [0.3, 0.4) is 0 Å². The van der Waals surface area contributed by atoms with Crippen molar-refractivity contribution < 1.29 is 9.84 Å². The van der Waals surface area contributed by atoms with Gasteiger partial charge in [0.2, 0.25) is 0 Å². The molecule has 0 bridgehead atoms. The molecule has 2 rings (SSSR count). The van der Waals surface area contributed by atoms with Gasteiger partial charge in [0, 0.05) is 12.0 Å². The molecule has 1 fully saturated rings. The predicted molar refractivity (Wildman–Crippen MR) is 77.4 cm³/mol. The topological polar surface area (TPSA) is 55.5 Å². The second kappa shape index (κ2) is 5.14. The van der Waals surface area contributed by atoms with E-state index in [1.807, 2.05) is 12.1 Å². The average Bonchev–Trinajstić information content (AvgIpc) is 2.71. The highest BCUT2D eigenvalue weighted by atomic mass is 16.5. The van der Waals surface area contributed by atoms with E-state index in [0.717, 1.165) is 25.0 Å². The Morgan fingerprint density at radius 2 is 1.95 bits per heavy atom. The van der Waals surface area contributed by atoms with Gasteiger partial charge in [0.1, 0.15) is 11.9 Å². The Labute approximate surface area is 115 Å². The van der Waals surface area contributed by atoms with Crippen LogP contribution in [0, 0.1) is 0 Å². The van der Waals surface area contributed by atoms with Gasteiger partial charge in [0.25, 0.3) is 0 Å². The van der Waals surface area contributed by atoms with Crippen molar-refractivity contribution in [2.24, 2.45) is 5.73 Å². The maximum absolute atomic E-state index is 9.25. The maximum Gasteiger partial charge on any atom is 0.119 e. The van der Waals surface area contributed by atoms with Crippen LogP contribution in [0.4, 0.5) is 0 Å². The van der Waals surface area contributed by atoms with Crippen LogP contribution in [-0.4, -0.2) is 23.4 Å². The van der Waals surface area contributed by atoms with Crippen molar-refractivity contribution in [1.29, 1.82) is 0 Å². The van der Waals surface area contributed by atoms with Crippen molar-refractivity contribution in [2.75, 3.05) is 6.61 Å². The smallest absolute Gasteiger partial charge is 0.119 e. The van der Waals surface area contributed by atoms with E-state index in [1.54, 1.807) is 0 Å². The van der Waals surface area contributed by atoms with Gasteiger partial charge < -0.3 is 15.6 Å². The molecule has 0 radical (unpaired) electrons. The molecule has 19 heavy (non-hydrogen) atoms. The molecule has 1 aromatic carbocycles. The summed E-state index contributed by atoms with van der Waals surface area (Å²) in [7, 11) is 0. The molecule has 0 aromatic heterocycles. The predicted octanol–water partition coefficient (Wildman–Crippen LogP) is 2.61. The Morgan fingerprint density at radius 1 is 1.32 bits per heavy atom. The summed E-state index contributed by atoms with van der Waals surface area (Å²) in [6, 6.07) is 8.28. The molecule has 0 saturated heterocycles. The third-order valence-electron chi connectivity index (χ3n) is 3.94. The van der Waals surface area contributed by atoms with E-state index in [2.05, 4.69) is 32.9 Å². The molecule has 3 heteroatoms. The number of benzene rings is 1. The molecule has 0 aliphatic heterocycles. The molecule has 1 saturated carbocycles. The molecule has 2 atom stereocenters. The third kappa shape index (κ3) is 3.48. The van der Waals surface area contributed by atoms with Crippen molar-refractivity contribution in [2.45, 2.75) is 57.1 Å². The number of hydrogen-bond acceptors (Lipinski definition) is 3. The van der Waals surface area contributed by atoms with Gasteiger partial charge in [-0.05, 0) is 36.0 Å². The molecule has 1 aromatic rings. The highest BCUT2D eigenvalue weighted by Gasteiger charge is 2.36. The van der Waals surface area contributed by atoms with E-state index < -0.39 is 5.54 Å². The maximum atomic E-state index is 9.25. The fourth-order valence-corrected chi connectivity index (χ4v) is 2.58. The molecular weight excluding hydrogens is 238 g/mol. The summed E-state index contributed by atoms with van der Waals surface area (Å²) >= 11 is 0. The number of aliphatic hydroxyl groups excluding tert-OH is 1. The summed E-state index contributed by atoms with van der Waals surface area (Å²) in [5.74, 6) is 0.889. The second-order valence-electron chi connectivity index (χ2n) is 6.78. The van der Waals surface area contributed by atoms with Crippen molar-refractivity contribution in [3.63, 3.8) is 0 Å². The van der Waals surface area contributed by atoms with Gasteiger partial charge in [0.05, 0.1) is 6.61 Å². The van der Waals surface area contributed by atoms with Crippen LogP contribution in [0.25, 0.3) is 0 Å². The fraction of sp³-hybridized carbons (Fsp3) is 0.625. The lowest BCUT2D eigenvalue weighted by Crippen LogP contribution is -2.41. The molecular formula is C16H25NO2. The summed E-state index contributed by atoms with van der Waals surface area (Å²) in [5.41, 5.74) is 7.07. The summed E-state index contributed by atoms with van der Waals surface area (Å²) < 4.78 is 5.95. The third-order valence-corrected chi connectivity index (χ3v) is 3.94. The van der Waals surface area contributed by atoms with Gasteiger partial charge in [-0.25, -0.2) is 0 Å². The van der Waals surface area contributed by atoms with Gasteiger partial charge in [-0.3, -0.25) is 0 Å². The molecule has 1 aliphatic rings. The van der Waals surface area contributed by atoms with Crippen molar-refractivity contribution in [3.05, 3.63) is 29.8 Å². The highest BCUT2D eigenvalue weighted by Crippen LogP contribution is 2.31. The summed E-state index contributed by atoms with van der Waals surface area (Å²) in [5, 5.41) is 9.25. The first-order chi connectivity index (χ1) is 8.82. The van der Waals surface area contributed by atoms with Crippen LogP contribution in [-0.2, 0) is 5.41 Å². The number of ether oxygens (including phenoxy) is 1. The normalized spacial score (nSPS) is 27.5. The second-order valence-corrected chi connectivity index (χ2v) is 6.78. The quantitative estimate of drug-likeness (QED) is 0.881. The van der Waals surface area contributed by atoms with Crippen LogP contribution in [0.5, 0.6) is 5.75 Å². The van der Waals surface area contributed by atoms with Gasteiger partial charge >= 0.3 is 0 Å². The van der Waals surface area contributed by atoms with E-state index in [0.29, 0.717) is 0 Å². The zero-order valence-corrected chi connectivity index (χ0v) is 12.1. The number of nitrogens with two attached hydrogens (primary N) is 1. The molecule has 1 aliphatic carbocycles. The van der Waals surface area contributed by atoms with Crippen molar-refractivity contribution in [3.8, 4) is 5.75 Å². The average molecular weight is 263 g/mol. The van der Waals surface area contributed by atoms with Crippen molar-refractivity contribution >= 4 is 0 Å². The summed E-state index contributed by atoms with van der Waals surface area (Å²) in [6.07, 6.45) is 2.59. The molecule has 3 nitrogen and oxygen atoms in total. The first kappa shape index (κ1) is 14.4. The SMILES string of the molecule is CC(C)(C)c1ccc(OC2CCC(N)(CO)C2)cc1. The standard InChI is InChI=1S/C16H25NO2/c1-15(2,3)12-4-6-13(7-5-12)19-14-8-9-16(17,10-14)11-18/h4-7,14,18H,8-11,17H2,1-3H3. The van der Waals surface area contributed by atoms with Crippen LogP contribution < -0.4 is 10.5 Å². The van der Waals surface area contributed by atoms with E-state index in [1.165, 1.54) is 5.56 Å². The summed E-state index contributed by atoms with van der Waals surface area (Å²) in [4.78, 5) is 0. The van der Waals surface area contributed by atoms with Gasteiger partial charge in [0.15, 0.2) is 0 Å². The molecule has 0 amide bonds. The van der Waals surface area contributed by atoms with E-state index in [4.69, 9.17) is 10.5 Å². The van der Waals surface area contributed by atoms with E-state index in [-0.39, 0.29) is 18.1 Å².